The Balaban J connectivity index is 2.42. The highest BCUT2D eigenvalue weighted by Gasteiger charge is 2.48. The van der Waals surface area contributed by atoms with Gasteiger partial charge < -0.3 is 15.2 Å². The van der Waals surface area contributed by atoms with E-state index in [0.29, 0.717) is 5.56 Å². The number of benzene rings is 1. The molecular weight excluding hydrogens is 208 g/mol. The maximum Gasteiger partial charge on any atom is 0.301 e. The summed E-state index contributed by atoms with van der Waals surface area (Å²) in [6.45, 7) is 0.0834. The zero-order valence-corrected chi connectivity index (χ0v) is 8.84. The molecule has 5 heteroatoms. The van der Waals surface area contributed by atoms with E-state index in [-0.39, 0.29) is 12.6 Å². The van der Waals surface area contributed by atoms with Crippen LogP contribution in [0.25, 0.3) is 0 Å². The quantitative estimate of drug-likeness (QED) is 0.800. The molecule has 1 atom stereocenters. The van der Waals surface area contributed by atoms with E-state index in [1.165, 1.54) is 7.11 Å². The first-order valence-corrected chi connectivity index (χ1v) is 4.81. The summed E-state index contributed by atoms with van der Waals surface area (Å²) in [6.07, 6.45) is 0. The van der Waals surface area contributed by atoms with Crippen molar-refractivity contribution in [1.29, 1.82) is 0 Å². The number of hydrogen-bond donors (Lipinski definition) is 1. The highest BCUT2D eigenvalue weighted by Crippen LogP contribution is 2.31. The standard InChI is InChI=1S/C11H12N2O3/c1-15-7-11(8-5-3-2-4-6-8)9(14)13-10(12)16-11/h2-6H,7H2,1H3,(H2,12,13,14). The van der Waals surface area contributed by atoms with Crippen LogP contribution in [0.2, 0.25) is 0 Å². The van der Waals surface area contributed by atoms with Gasteiger partial charge in [0.2, 0.25) is 5.60 Å². The van der Waals surface area contributed by atoms with Gasteiger partial charge in [-0.15, -0.1) is 0 Å². The Labute approximate surface area is 92.9 Å². The predicted molar refractivity (Wildman–Crippen MR) is 57.7 cm³/mol. The van der Waals surface area contributed by atoms with Gasteiger partial charge in [-0.2, -0.15) is 4.99 Å². The predicted octanol–water partition coefficient (Wildman–Crippen LogP) is 0.400. The molecule has 16 heavy (non-hydrogen) atoms. The Hall–Kier alpha value is -1.88. The van der Waals surface area contributed by atoms with E-state index in [0.717, 1.165) is 0 Å². The fourth-order valence-electron chi connectivity index (χ4n) is 1.70. The molecule has 1 amide bonds. The first-order valence-electron chi connectivity index (χ1n) is 4.81. The Kier molecular flexibility index (Phi) is 2.62. The van der Waals surface area contributed by atoms with Gasteiger partial charge in [0.05, 0.1) is 6.61 Å². The average molecular weight is 220 g/mol. The van der Waals surface area contributed by atoms with Crippen LogP contribution in [0.3, 0.4) is 0 Å². The molecule has 0 fully saturated rings. The van der Waals surface area contributed by atoms with E-state index in [1.54, 1.807) is 12.1 Å². The largest absolute Gasteiger partial charge is 0.441 e. The van der Waals surface area contributed by atoms with Crippen LogP contribution in [-0.4, -0.2) is 25.6 Å². The van der Waals surface area contributed by atoms with E-state index < -0.39 is 11.5 Å². The highest BCUT2D eigenvalue weighted by molar-refractivity contribution is 6.01. The van der Waals surface area contributed by atoms with Crippen molar-refractivity contribution < 1.29 is 14.3 Å². The van der Waals surface area contributed by atoms with Gasteiger partial charge in [-0.3, -0.25) is 4.79 Å². The number of nitrogens with two attached hydrogens (primary N) is 1. The van der Waals surface area contributed by atoms with Gasteiger partial charge in [0, 0.05) is 12.7 Å². The molecule has 0 radical (unpaired) electrons. The summed E-state index contributed by atoms with van der Waals surface area (Å²) in [6, 6.07) is 8.94. The third-order valence-electron chi connectivity index (χ3n) is 2.42. The smallest absolute Gasteiger partial charge is 0.301 e. The number of aliphatic imine (C=N–C) groups is 1. The van der Waals surface area contributed by atoms with Gasteiger partial charge in [0.1, 0.15) is 0 Å². The molecule has 5 nitrogen and oxygen atoms in total. The normalized spacial score (nSPS) is 24.1. The second-order valence-corrected chi connectivity index (χ2v) is 3.48. The summed E-state index contributed by atoms with van der Waals surface area (Å²) in [4.78, 5) is 15.4. The Bertz CT molecular complexity index is 430. The number of carbonyl (C=O) groups is 1. The SMILES string of the molecule is COCC1(c2ccccc2)OC(N)=NC1=O. The van der Waals surface area contributed by atoms with Crippen LogP contribution in [0, 0.1) is 0 Å². The molecule has 1 aliphatic heterocycles. The number of amides is 1. The maximum atomic E-state index is 11.8. The van der Waals surface area contributed by atoms with Crippen molar-refractivity contribution in [2.45, 2.75) is 5.60 Å². The van der Waals surface area contributed by atoms with E-state index in [1.807, 2.05) is 18.2 Å². The van der Waals surface area contributed by atoms with E-state index in [2.05, 4.69) is 4.99 Å². The van der Waals surface area contributed by atoms with Crippen molar-refractivity contribution in [3.05, 3.63) is 35.9 Å². The monoisotopic (exact) mass is 220 g/mol. The number of methoxy groups -OCH3 is 1. The highest BCUT2D eigenvalue weighted by atomic mass is 16.6. The topological polar surface area (TPSA) is 73.9 Å². The lowest BCUT2D eigenvalue weighted by Gasteiger charge is -2.25. The molecule has 2 N–H and O–H groups in total. The van der Waals surface area contributed by atoms with Crippen molar-refractivity contribution in [3.63, 3.8) is 0 Å². The fraction of sp³-hybridized carbons (Fsp3) is 0.273. The van der Waals surface area contributed by atoms with Crippen molar-refractivity contribution in [1.82, 2.24) is 0 Å². The molecule has 84 valence electrons. The lowest BCUT2D eigenvalue weighted by Crippen LogP contribution is -2.39. The van der Waals surface area contributed by atoms with Gasteiger partial charge in [-0.25, -0.2) is 0 Å². The lowest BCUT2D eigenvalue weighted by molar-refractivity contribution is -0.136. The zero-order valence-electron chi connectivity index (χ0n) is 8.84. The molecule has 2 rings (SSSR count). The van der Waals surface area contributed by atoms with Crippen molar-refractivity contribution >= 4 is 11.9 Å². The van der Waals surface area contributed by atoms with Crippen molar-refractivity contribution in [2.24, 2.45) is 10.7 Å². The summed E-state index contributed by atoms with van der Waals surface area (Å²) >= 11 is 0. The molecule has 1 aromatic carbocycles. The number of nitrogens with zero attached hydrogens (tertiary/aromatic N) is 1. The maximum absolute atomic E-state index is 11.8. The van der Waals surface area contributed by atoms with Crippen LogP contribution >= 0.6 is 0 Å². The lowest BCUT2D eigenvalue weighted by atomic mass is 9.94. The summed E-state index contributed by atoms with van der Waals surface area (Å²) in [5, 5.41) is 0. The number of hydrogen-bond acceptors (Lipinski definition) is 4. The molecule has 0 saturated heterocycles. The summed E-state index contributed by atoms with van der Waals surface area (Å²) in [7, 11) is 1.50. The number of rotatable bonds is 3. The van der Waals surface area contributed by atoms with Gasteiger partial charge in [-0.05, 0) is 0 Å². The molecule has 1 aliphatic rings. The third-order valence-corrected chi connectivity index (χ3v) is 2.42. The van der Waals surface area contributed by atoms with E-state index in [4.69, 9.17) is 15.2 Å². The van der Waals surface area contributed by atoms with Crippen LogP contribution in [-0.2, 0) is 19.9 Å². The van der Waals surface area contributed by atoms with E-state index >= 15 is 0 Å². The van der Waals surface area contributed by atoms with Crippen molar-refractivity contribution in [3.8, 4) is 0 Å². The minimum atomic E-state index is -1.22. The van der Waals surface area contributed by atoms with Crippen molar-refractivity contribution in [2.75, 3.05) is 13.7 Å². The van der Waals surface area contributed by atoms with Crippen LogP contribution in [0.5, 0.6) is 0 Å². The summed E-state index contributed by atoms with van der Waals surface area (Å²) in [5.41, 5.74) is 4.88. The Morgan fingerprint density at radius 2 is 2.12 bits per heavy atom. The molecular formula is C11H12N2O3. The average Bonchev–Trinajstić information content (AvgIpc) is 2.57. The number of ether oxygens (including phenoxy) is 2. The molecule has 0 bridgehead atoms. The minimum absolute atomic E-state index is 0.0834. The van der Waals surface area contributed by atoms with Gasteiger partial charge in [0.15, 0.2) is 0 Å². The molecule has 1 heterocycles. The van der Waals surface area contributed by atoms with Gasteiger partial charge in [-0.1, -0.05) is 30.3 Å². The summed E-state index contributed by atoms with van der Waals surface area (Å²) < 4.78 is 10.4. The Morgan fingerprint density at radius 1 is 1.44 bits per heavy atom. The fourth-order valence-corrected chi connectivity index (χ4v) is 1.70. The zero-order chi connectivity index (χ0) is 11.6. The van der Waals surface area contributed by atoms with Gasteiger partial charge >= 0.3 is 5.91 Å². The minimum Gasteiger partial charge on any atom is -0.441 e. The van der Waals surface area contributed by atoms with Gasteiger partial charge in [0.25, 0.3) is 6.02 Å². The Morgan fingerprint density at radius 3 is 2.62 bits per heavy atom. The molecule has 0 aromatic heterocycles. The molecule has 0 aliphatic carbocycles. The van der Waals surface area contributed by atoms with Crippen LogP contribution < -0.4 is 5.73 Å². The van der Waals surface area contributed by atoms with E-state index in [9.17, 15) is 4.79 Å². The molecule has 0 spiro atoms. The van der Waals surface area contributed by atoms with Crippen LogP contribution in [0.4, 0.5) is 0 Å². The first kappa shape index (κ1) is 10.6. The molecule has 1 aromatic rings. The number of carbonyl (C=O) groups excluding carboxylic acids is 1. The second kappa shape index (κ2) is 3.94. The van der Waals surface area contributed by atoms with Crippen LogP contribution in [0.1, 0.15) is 5.56 Å². The summed E-state index contributed by atoms with van der Waals surface area (Å²) in [5.74, 6) is -0.432. The second-order valence-electron chi connectivity index (χ2n) is 3.48. The first-order chi connectivity index (χ1) is 7.69. The van der Waals surface area contributed by atoms with Crippen LogP contribution in [0.15, 0.2) is 35.3 Å². The number of amidine groups is 1. The third kappa shape index (κ3) is 1.55. The molecule has 1 unspecified atom stereocenters. The molecule has 0 saturated carbocycles.